The van der Waals surface area contributed by atoms with Crippen LogP contribution < -0.4 is 0 Å². The zero-order valence-electron chi connectivity index (χ0n) is 13.9. The van der Waals surface area contributed by atoms with Crippen molar-refractivity contribution in [2.75, 3.05) is 19.6 Å². The molecule has 3 rings (SSSR count). The number of fused-ring (bicyclic) bond motifs is 1. The van der Waals surface area contributed by atoms with Gasteiger partial charge in [-0.25, -0.2) is 0 Å². The van der Waals surface area contributed by atoms with E-state index in [0.717, 1.165) is 32.4 Å². The monoisotopic (exact) mass is 301 g/mol. The van der Waals surface area contributed by atoms with Crippen LogP contribution in [0, 0.1) is 12.8 Å². The summed E-state index contributed by atoms with van der Waals surface area (Å²) < 4.78 is 0. The van der Waals surface area contributed by atoms with Crippen molar-refractivity contribution in [1.29, 1.82) is 0 Å². The first-order chi connectivity index (χ1) is 10.6. The zero-order chi connectivity index (χ0) is 16.1. The quantitative estimate of drug-likeness (QED) is 0.924. The molecule has 0 amide bonds. The molecule has 1 fully saturated rings. The van der Waals surface area contributed by atoms with Gasteiger partial charge in [0, 0.05) is 13.1 Å². The molecule has 1 saturated heterocycles. The molecule has 22 heavy (non-hydrogen) atoms. The van der Waals surface area contributed by atoms with E-state index in [2.05, 4.69) is 36.1 Å². The Bertz CT molecular complexity index is 563. The number of hydrogen-bond donors (Lipinski definition) is 1. The van der Waals surface area contributed by atoms with Crippen LogP contribution in [0.15, 0.2) is 23.8 Å². The summed E-state index contributed by atoms with van der Waals surface area (Å²) >= 11 is 0. The third kappa shape index (κ3) is 3.98. The van der Waals surface area contributed by atoms with E-state index in [1.54, 1.807) is 0 Å². The molecule has 1 aromatic carbocycles. The van der Waals surface area contributed by atoms with Gasteiger partial charge in [0.15, 0.2) is 0 Å². The Morgan fingerprint density at radius 2 is 2.09 bits per heavy atom. The molecule has 0 saturated carbocycles. The van der Waals surface area contributed by atoms with Gasteiger partial charge in [-0.15, -0.1) is 0 Å². The standard InChI is InChI=1S/C17H21NO2.C2H6/c1-12-2-4-15-9-13(3-5-14(15)8-12)10-18-7-6-16(11-18)17(19)20;1-2/h2,4,8-9,16H,3,5-7,10-11H2,1H3,(H,19,20);1-2H3. The van der Waals surface area contributed by atoms with Crippen LogP contribution in [-0.4, -0.2) is 35.6 Å². The highest BCUT2D eigenvalue weighted by Gasteiger charge is 2.28. The minimum absolute atomic E-state index is 0.172. The van der Waals surface area contributed by atoms with Gasteiger partial charge in [0.05, 0.1) is 5.92 Å². The fourth-order valence-electron chi connectivity index (χ4n) is 3.27. The molecular formula is C19H27NO2. The number of carbonyl (C=O) groups is 1. The average Bonchev–Trinajstić information content (AvgIpc) is 2.98. The lowest BCUT2D eigenvalue weighted by atomic mass is 9.91. The number of aliphatic carboxylic acids is 1. The topological polar surface area (TPSA) is 40.5 Å². The predicted molar refractivity (Wildman–Crippen MR) is 91.0 cm³/mol. The van der Waals surface area contributed by atoms with Gasteiger partial charge in [0.25, 0.3) is 0 Å². The van der Waals surface area contributed by atoms with Gasteiger partial charge in [-0.1, -0.05) is 49.3 Å². The second-order valence-electron chi connectivity index (χ2n) is 6.06. The number of benzene rings is 1. The Labute approximate surface area is 133 Å². The van der Waals surface area contributed by atoms with Crippen molar-refractivity contribution >= 4 is 12.0 Å². The van der Waals surface area contributed by atoms with Crippen molar-refractivity contribution in [3.63, 3.8) is 0 Å². The van der Waals surface area contributed by atoms with Gasteiger partial charge in [-0.2, -0.15) is 0 Å². The van der Waals surface area contributed by atoms with Crippen LogP contribution in [0.25, 0.3) is 6.08 Å². The molecule has 1 atom stereocenters. The van der Waals surface area contributed by atoms with Crippen molar-refractivity contribution in [2.45, 2.75) is 40.0 Å². The molecule has 0 aromatic heterocycles. The van der Waals surface area contributed by atoms with Crippen LogP contribution in [0.3, 0.4) is 0 Å². The van der Waals surface area contributed by atoms with Crippen molar-refractivity contribution in [3.05, 3.63) is 40.5 Å². The summed E-state index contributed by atoms with van der Waals surface area (Å²) in [4.78, 5) is 13.3. The lowest BCUT2D eigenvalue weighted by Gasteiger charge is -2.22. The van der Waals surface area contributed by atoms with Gasteiger partial charge in [-0.05, 0) is 43.9 Å². The number of likely N-dealkylation sites (tertiary alicyclic amines) is 1. The van der Waals surface area contributed by atoms with Gasteiger partial charge in [0.1, 0.15) is 0 Å². The third-order valence-electron chi connectivity index (χ3n) is 4.42. The fourth-order valence-corrected chi connectivity index (χ4v) is 3.27. The Morgan fingerprint density at radius 1 is 1.32 bits per heavy atom. The second-order valence-corrected chi connectivity index (χ2v) is 6.06. The molecule has 0 radical (unpaired) electrons. The summed E-state index contributed by atoms with van der Waals surface area (Å²) in [5.74, 6) is -0.819. The smallest absolute Gasteiger partial charge is 0.307 e. The highest BCUT2D eigenvalue weighted by Crippen LogP contribution is 2.27. The lowest BCUT2D eigenvalue weighted by molar-refractivity contribution is -0.141. The van der Waals surface area contributed by atoms with E-state index >= 15 is 0 Å². The van der Waals surface area contributed by atoms with Crippen LogP contribution in [-0.2, 0) is 11.2 Å². The first kappa shape index (κ1) is 16.8. The van der Waals surface area contributed by atoms with Gasteiger partial charge >= 0.3 is 5.97 Å². The van der Waals surface area contributed by atoms with Crippen LogP contribution in [0.1, 0.15) is 43.4 Å². The fraction of sp³-hybridized carbons (Fsp3) is 0.526. The average molecular weight is 301 g/mol. The molecule has 1 aromatic rings. The Morgan fingerprint density at radius 3 is 2.77 bits per heavy atom. The van der Waals surface area contributed by atoms with Crippen molar-refractivity contribution in [3.8, 4) is 0 Å². The molecule has 3 heteroatoms. The Balaban J connectivity index is 0.000000847. The zero-order valence-corrected chi connectivity index (χ0v) is 13.9. The summed E-state index contributed by atoms with van der Waals surface area (Å²) in [7, 11) is 0. The van der Waals surface area contributed by atoms with Gasteiger partial charge < -0.3 is 5.11 Å². The second kappa shape index (κ2) is 7.59. The van der Waals surface area contributed by atoms with E-state index < -0.39 is 5.97 Å². The number of hydrogen-bond acceptors (Lipinski definition) is 2. The molecule has 1 aliphatic heterocycles. The van der Waals surface area contributed by atoms with E-state index in [4.69, 9.17) is 5.11 Å². The maximum Gasteiger partial charge on any atom is 0.307 e. The molecule has 1 heterocycles. The molecular weight excluding hydrogens is 274 g/mol. The van der Waals surface area contributed by atoms with E-state index in [1.807, 2.05) is 13.8 Å². The number of aryl methyl sites for hydroxylation is 2. The third-order valence-corrected chi connectivity index (χ3v) is 4.42. The van der Waals surface area contributed by atoms with E-state index in [1.165, 1.54) is 22.3 Å². The van der Waals surface area contributed by atoms with Crippen LogP contribution >= 0.6 is 0 Å². The number of nitrogens with zero attached hydrogens (tertiary/aromatic N) is 1. The normalized spacial score (nSPS) is 20.7. The van der Waals surface area contributed by atoms with Crippen LogP contribution in [0.4, 0.5) is 0 Å². The summed E-state index contributed by atoms with van der Waals surface area (Å²) in [6, 6.07) is 6.64. The molecule has 1 N–H and O–H groups in total. The predicted octanol–water partition coefficient (Wildman–Crippen LogP) is 3.76. The van der Waals surface area contributed by atoms with Crippen molar-refractivity contribution in [2.24, 2.45) is 5.92 Å². The number of rotatable bonds is 3. The summed E-state index contributed by atoms with van der Waals surface area (Å²) in [6.45, 7) is 8.68. The van der Waals surface area contributed by atoms with Crippen molar-refractivity contribution in [1.82, 2.24) is 4.90 Å². The summed E-state index contributed by atoms with van der Waals surface area (Å²) in [6.07, 6.45) is 5.30. The van der Waals surface area contributed by atoms with E-state index in [9.17, 15) is 4.79 Å². The van der Waals surface area contributed by atoms with Crippen LogP contribution in [0.2, 0.25) is 0 Å². The molecule has 3 nitrogen and oxygen atoms in total. The summed E-state index contributed by atoms with van der Waals surface area (Å²) in [5, 5.41) is 9.05. The Kier molecular flexibility index (Phi) is 5.78. The minimum atomic E-state index is -0.647. The maximum absolute atomic E-state index is 11.0. The lowest BCUT2D eigenvalue weighted by Crippen LogP contribution is -2.26. The molecule has 0 bridgehead atoms. The highest BCUT2D eigenvalue weighted by atomic mass is 16.4. The van der Waals surface area contributed by atoms with Crippen LogP contribution in [0.5, 0.6) is 0 Å². The molecule has 1 aliphatic carbocycles. The molecule has 1 unspecified atom stereocenters. The van der Waals surface area contributed by atoms with Gasteiger partial charge in [0.2, 0.25) is 0 Å². The summed E-state index contributed by atoms with van der Waals surface area (Å²) in [5.41, 5.74) is 5.54. The largest absolute Gasteiger partial charge is 0.481 e. The molecule has 120 valence electrons. The number of carboxylic acid groups (broad SMARTS) is 1. The van der Waals surface area contributed by atoms with Gasteiger partial charge in [-0.3, -0.25) is 9.69 Å². The van der Waals surface area contributed by atoms with Crippen molar-refractivity contribution < 1.29 is 9.90 Å². The molecule has 2 aliphatic rings. The Hall–Kier alpha value is -1.61. The first-order valence-electron chi connectivity index (χ1n) is 8.36. The SMILES string of the molecule is CC.Cc1ccc2c(c1)CCC(CN1CCC(C(=O)O)C1)=C2. The first-order valence-corrected chi connectivity index (χ1v) is 8.36. The number of carboxylic acids is 1. The molecule has 0 spiro atoms. The highest BCUT2D eigenvalue weighted by molar-refractivity contribution is 5.70. The van der Waals surface area contributed by atoms with E-state index in [-0.39, 0.29) is 5.92 Å². The minimum Gasteiger partial charge on any atom is -0.481 e. The maximum atomic E-state index is 11.0. The van der Waals surface area contributed by atoms with E-state index in [0.29, 0.717) is 6.54 Å².